The van der Waals surface area contributed by atoms with E-state index in [1.54, 1.807) is 19.3 Å². The number of aromatic nitrogens is 1. The number of aliphatic imine (C=N–C) groups is 1. The van der Waals surface area contributed by atoms with Gasteiger partial charge in [0.05, 0.1) is 13.2 Å². The van der Waals surface area contributed by atoms with Crippen LogP contribution in [0.1, 0.15) is 12.5 Å². The summed E-state index contributed by atoms with van der Waals surface area (Å²) in [5.74, 6) is 0.819. The van der Waals surface area contributed by atoms with Gasteiger partial charge in [-0.1, -0.05) is 24.6 Å². The van der Waals surface area contributed by atoms with Crippen molar-refractivity contribution in [1.29, 1.82) is 0 Å². The van der Waals surface area contributed by atoms with E-state index in [-0.39, 0.29) is 29.4 Å². The van der Waals surface area contributed by atoms with Crippen LogP contribution in [-0.4, -0.2) is 44.3 Å². The van der Waals surface area contributed by atoms with Crippen molar-refractivity contribution >= 4 is 41.5 Å². The Bertz CT molecular complexity index is 463. The molecule has 7 heteroatoms. The highest BCUT2D eigenvalue weighted by molar-refractivity contribution is 14.0. The monoisotopic (exact) mass is 424 g/mol. The smallest absolute Gasteiger partial charge is 0.191 e. The van der Waals surface area contributed by atoms with Crippen molar-refractivity contribution in [3.05, 3.63) is 29.0 Å². The number of guanidine groups is 1. The minimum Gasteiger partial charge on any atom is -0.380 e. The van der Waals surface area contributed by atoms with Crippen molar-refractivity contribution < 1.29 is 4.74 Å². The SMILES string of the molecule is CN=C(NCCc1ccc(Cl)nc1)NCC1(C)COC1.I. The molecule has 0 atom stereocenters. The third kappa shape index (κ3) is 5.96. The van der Waals surface area contributed by atoms with Crippen LogP contribution < -0.4 is 10.6 Å². The van der Waals surface area contributed by atoms with Crippen molar-refractivity contribution in [1.82, 2.24) is 15.6 Å². The van der Waals surface area contributed by atoms with E-state index < -0.39 is 0 Å². The molecule has 21 heavy (non-hydrogen) atoms. The molecule has 0 amide bonds. The van der Waals surface area contributed by atoms with Gasteiger partial charge < -0.3 is 15.4 Å². The normalized spacial score (nSPS) is 16.6. The summed E-state index contributed by atoms with van der Waals surface area (Å²) in [5.41, 5.74) is 1.38. The first-order chi connectivity index (χ1) is 9.61. The zero-order valence-corrected chi connectivity index (χ0v) is 15.4. The van der Waals surface area contributed by atoms with E-state index in [1.807, 2.05) is 6.07 Å². The van der Waals surface area contributed by atoms with E-state index in [4.69, 9.17) is 16.3 Å². The van der Waals surface area contributed by atoms with E-state index in [2.05, 4.69) is 27.5 Å². The van der Waals surface area contributed by atoms with Crippen LogP contribution in [0.3, 0.4) is 0 Å². The summed E-state index contributed by atoms with van der Waals surface area (Å²) in [7, 11) is 1.78. The fourth-order valence-corrected chi connectivity index (χ4v) is 2.06. The number of hydrogen-bond acceptors (Lipinski definition) is 3. The van der Waals surface area contributed by atoms with Crippen LogP contribution in [0.25, 0.3) is 0 Å². The van der Waals surface area contributed by atoms with E-state index >= 15 is 0 Å². The van der Waals surface area contributed by atoms with E-state index in [0.29, 0.717) is 5.15 Å². The predicted molar refractivity (Wildman–Crippen MR) is 96.7 cm³/mol. The van der Waals surface area contributed by atoms with Gasteiger partial charge in [0.1, 0.15) is 5.15 Å². The summed E-state index contributed by atoms with van der Waals surface area (Å²) in [6.07, 6.45) is 2.68. The molecular formula is C14H22ClIN4O. The number of ether oxygens (including phenoxy) is 1. The predicted octanol–water partition coefficient (Wildman–Crippen LogP) is 2.10. The molecule has 0 radical (unpaired) electrons. The van der Waals surface area contributed by atoms with Crippen LogP contribution >= 0.6 is 35.6 Å². The van der Waals surface area contributed by atoms with E-state index in [9.17, 15) is 0 Å². The Labute approximate surface area is 147 Å². The fraction of sp³-hybridized carbons (Fsp3) is 0.571. The Balaban J connectivity index is 0.00000220. The third-order valence-corrected chi connectivity index (χ3v) is 3.53. The Morgan fingerprint density at radius 2 is 2.19 bits per heavy atom. The molecule has 0 bridgehead atoms. The van der Waals surface area contributed by atoms with Gasteiger partial charge in [0.2, 0.25) is 0 Å². The second kappa shape index (κ2) is 8.75. The number of nitrogens with one attached hydrogen (secondary N) is 2. The van der Waals surface area contributed by atoms with Gasteiger partial charge in [-0.3, -0.25) is 4.99 Å². The maximum atomic E-state index is 5.76. The number of pyridine rings is 1. The highest BCUT2D eigenvalue weighted by Crippen LogP contribution is 2.24. The summed E-state index contributed by atoms with van der Waals surface area (Å²) >= 11 is 5.76. The van der Waals surface area contributed by atoms with Gasteiger partial charge in [-0.15, -0.1) is 24.0 Å². The summed E-state index contributed by atoms with van der Waals surface area (Å²) < 4.78 is 5.23. The molecule has 1 fully saturated rings. The second-order valence-corrected chi connectivity index (χ2v) is 5.78. The highest BCUT2D eigenvalue weighted by atomic mass is 127. The average molecular weight is 425 g/mol. The quantitative estimate of drug-likeness (QED) is 0.329. The molecule has 1 aromatic rings. The maximum Gasteiger partial charge on any atom is 0.191 e. The zero-order chi connectivity index (χ0) is 14.4. The number of rotatable bonds is 5. The molecule has 1 aliphatic heterocycles. The molecule has 118 valence electrons. The van der Waals surface area contributed by atoms with Gasteiger partial charge in [0, 0.05) is 31.7 Å². The summed E-state index contributed by atoms with van der Waals surface area (Å²) in [4.78, 5) is 8.27. The van der Waals surface area contributed by atoms with Gasteiger partial charge in [-0.2, -0.15) is 0 Å². The number of hydrogen-bond donors (Lipinski definition) is 2. The first kappa shape index (κ1) is 18.4. The Morgan fingerprint density at radius 3 is 2.71 bits per heavy atom. The molecule has 2 heterocycles. The molecule has 1 saturated heterocycles. The molecule has 1 aromatic heterocycles. The van der Waals surface area contributed by atoms with Gasteiger partial charge in [-0.05, 0) is 18.1 Å². The van der Waals surface area contributed by atoms with Crippen molar-refractivity contribution in [2.24, 2.45) is 10.4 Å². The largest absolute Gasteiger partial charge is 0.380 e. The van der Waals surface area contributed by atoms with Crippen molar-refractivity contribution in [3.63, 3.8) is 0 Å². The lowest BCUT2D eigenvalue weighted by atomic mass is 9.89. The van der Waals surface area contributed by atoms with Crippen LogP contribution in [0, 0.1) is 5.41 Å². The lowest BCUT2D eigenvalue weighted by Crippen LogP contribution is -2.51. The Morgan fingerprint density at radius 1 is 1.43 bits per heavy atom. The molecule has 2 N–H and O–H groups in total. The summed E-state index contributed by atoms with van der Waals surface area (Å²) in [5, 5.41) is 7.14. The second-order valence-electron chi connectivity index (χ2n) is 5.40. The lowest BCUT2D eigenvalue weighted by molar-refractivity contribution is -0.0971. The number of halogens is 2. The van der Waals surface area contributed by atoms with E-state index in [0.717, 1.165) is 44.2 Å². The molecule has 0 aliphatic carbocycles. The van der Waals surface area contributed by atoms with Gasteiger partial charge in [0.25, 0.3) is 0 Å². The molecule has 5 nitrogen and oxygen atoms in total. The lowest BCUT2D eigenvalue weighted by Gasteiger charge is -2.38. The first-order valence-electron chi connectivity index (χ1n) is 6.74. The van der Waals surface area contributed by atoms with Gasteiger partial charge in [0.15, 0.2) is 5.96 Å². The number of nitrogens with zero attached hydrogens (tertiary/aromatic N) is 2. The third-order valence-electron chi connectivity index (χ3n) is 3.30. The summed E-state index contributed by atoms with van der Waals surface area (Å²) in [6.45, 7) is 5.50. The van der Waals surface area contributed by atoms with Crippen molar-refractivity contribution in [3.8, 4) is 0 Å². The first-order valence-corrected chi connectivity index (χ1v) is 7.12. The van der Waals surface area contributed by atoms with Gasteiger partial charge >= 0.3 is 0 Å². The van der Waals surface area contributed by atoms with Crippen LogP contribution in [0.5, 0.6) is 0 Å². The van der Waals surface area contributed by atoms with Crippen LogP contribution in [0.15, 0.2) is 23.3 Å². The highest BCUT2D eigenvalue weighted by Gasteiger charge is 2.33. The molecule has 1 aliphatic rings. The topological polar surface area (TPSA) is 58.5 Å². The van der Waals surface area contributed by atoms with E-state index in [1.165, 1.54) is 0 Å². The Hall–Kier alpha value is -0.600. The van der Waals surface area contributed by atoms with Crippen molar-refractivity contribution in [2.45, 2.75) is 13.3 Å². The van der Waals surface area contributed by atoms with Gasteiger partial charge in [-0.25, -0.2) is 4.98 Å². The molecule has 0 aromatic carbocycles. The Kier molecular flexibility index (Phi) is 7.69. The minimum atomic E-state index is 0. The molecule has 2 rings (SSSR count). The zero-order valence-electron chi connectivity index (χ0n) is 12.4. The van der Waals surface area contributed by atoms with Crippen molar-refractivity contribution in [2.75, 3.05) is 33.4 Å². The minimum absolute atomic E-state index is 0. The fourth-order valence-electron chi connectivity index (χ4n) is 1.95. The van der Waals surface area contributed by atoms with Crippen LogP contribution in [-0.2, 0) is 11.2 Å². The molecule has 0 spiro atoms. The molecule has 0 saturated carbocycles. The average Bonchev–Trinajstić information content (AvgIpc) is 2.42. The summed E-state index contributed by atoms with van der Waals surface area (Å²) in [6, 6.07) is 3.79. The molecular weight excluding hydrogens is 403 g/mol. The maximum absolute atomic E-state index is 5.76. The standard InChI is InChI=1S/C14H21ClN4O.HI/c1-14(9-20-10-14)8-19-13(16-2)17-6-5-11-3-4-12(15)18-7-11;/h3-4,7H,5-6,8-10H2,1-2H3,(H2,16,17,19);1H. The van der Waals surface area contributed by atoms with Crippen LogP contribution in [0.2, 0.25) is 5.15 Å². The molecule has 0 unspecified atom stereocenters. The van der Waals surface area contributed by atoms with Crippen LogP contribution in [0.4, 0.5) is 0 Å².